The summed E-state index contributed by atoms with van der Waals surface area (Å²) in [6.07, 6.45) is 1.96. The van der Waals surface area contributed by atoms with E-state index in [1.807, 2.05) is 29.7 Å². The van der Waals surface area contributed by atoms with Gasteiger partial charge in [-0.3, -0.25) is 4.79 Å². The first-order valence-electron chi connectivity index (χ1n) is 10.3. The van der Waals surface area contributed by atoms with Gasteiger partial charge >= 0.3 is 0 Å². The van der Waals surface area contributed by atoms with Crippen molar-refractivity contribution in [3.8, 4) is 22.8 Å². The summed E-state index contributed by atoms with van der Waals surface area (Å²) in [4.78, 5) is 17.9. The number of hydrogen-bond acceptors (Lipinski definition) is 4. The molecule has 2 aromatic heterocycles. The molecule has 0 aliphatic heterocycles. The normalized spacial score (nSPS) is 11.0. The molecule has 2 aromatic carbocycles. The number of benzene rings is 2. The highest BCUT2D eigenvalue weighted by Crippen LogP contribution is 2.36. The summed E-state index contributed by atoms with van der Waals surface area (Å²) in [5, 5.41) is 3.25. The third-order valence-electron chi connectivity index (χ3n) is 5.37. The van der Waals surface area contributed by atoms with Gasteiger partial charge in [0.25, 0.3) is 0 Å². The third-order valence-corrected chi connectivity index (χ3v) is 5.67. The SMILES string of the molecule is COc1cc(NC(=O)Cc2c(-c3ccc(F)c(C)c3)nc3ccc(C)cn23)c(OC)cc1Cl. The molecule has 8 heteroatoms. The number of amides is 1. The van der Waals surface area contributed by atoms with Crippen molar-refractivity contribution in [2.45, 2.75) is 20.3 Å². The number of carbonyl (C=O) groups is 1. The minimum Gasteiger partial charge on any atom is -0.495 e. The Morgan fingerprint density at radius 1 is 1.09 bits per heavy atom. The van der Waals surface area contributed by atoms with Crippen LogP contribution in [0.5, 0.6) is 11.5 Å². The average Bonchev–Trinajstić information content (AvgIpc) is 3.13. The lowest BCUT2D eigenvalue weighted by Gasteiger charge is -2.13. The lowest BCUT2D eigenvalue weighted by molar-refractivity contribution is -0.115. The van der Waals surface area contributed by atoms with Gasteiger partial charge in [0.2, 0.25) is 5.91 Å². The Kier molecular flexibility index (Phi) is 6.24. The highest BCUT2D eigenvalue weighted by Gasteiger charge is 2.20. The minimum atomic E-state index is -0.290. The number of aromatic nitrogens is 2. The molecule has 4 rings (SSSR count). The number of nitrogens with zero attached hydrogens (tertiary/aromatic N) is 2. The van der Waals surface area contributed by atoms with E-state index in [9.17, 15) is 9.18 Å². The first kappa shape index (κ1) is 22.6. The molecule has 1 N–H and O–H groups in total. The van der Waals surface area contributed by atoms with Gasteiger partial charge in [-0.15, -0.1) is 0 Å². The van der Waals surface area contributed by atoms with E-state index in [0.717, 1.165) is 11.1 Å². The van der Waals surface area contributed by atoms with Gasteiger partial charge in [0.05, 0.1) is 42.7 Å². The molecule has 1 amide bonds. The average molecular weight is 468 g/mol. The lowest BCUT2D eigenvalue weighted by Crippen LogP contribution is -2.17. The Labute approximate surface area is 195 Å². The number of ether oxygens (including phenoxy) is 2. The maximum Gasteiger partial charge on any atom is 0.230 e. The zero-order chi connectivity index (χ0) is 23.7. The zero-order valence-corrected chi connectivity index (χ0v) is 19.5. The first-order chi connectivity index (χ1) is 15.8. The first-order valence-corrected chi connectivity index (χ1v) is 10.6. The molecular weight excluding hydrogens is 445 g/mol. The molecule has 0 spiro atoms. The number of rotatable bonds is 6. The molecule has 0 radical (unpaired) electrons. The van der Waals surface area contributed by atoms with E-state index < -0.39 is 0 Å². The largest absolute Gasteiger partial charge is 0.495 e. The fourth-order valence-corrected chi connectivity index (χ4v) is 3.93. The fraction of sp³-hybridized carbons (Fsp3) is 0.200. The van der Waals surface area contributed by atoms with Crippen LogP contribution in [0.25, 0.3) is 16.9 Å². The summed E-state index contributed by atoms with van der Waals surface area (Å²) >= 11 is 6.17. The highest BCUT2D eigenvalue weighted by atomic mass is 35.5. The predicted octanol–water partition coefficient (Wildman–Crippen LogP) is 5.61. The quantitative estimate of drug-likeness (QED) is 0.400. The zero-order valence-electron chi connectivity index (χ0n) is 18.7. The number of aryl methyl sites for hydroxylation is 2. The number of pyridine rings is 1. The number of methoxy groups -OCH3 is 2. The van der Waals surface area contributed by atoms with Crippen molar-refractivity contribution in [2.75, 3.05) is 19.5 Å². The Balaban J connectivity index is 1.74. The second kappa shape index (κ2) is 9.11. The van der Waals surface area contributed by atoms with E-state index in [1.54, 1.807) is 31.2 Å². The topological polar surface area (TPSA) is 64.9 Å². The number of hydrogen-bond donors (Lipinski definition) is 1. The molecule has 0 fully saturated rings. The number of carbonyl (C=O) groups excluding carboxylic acids is 1. The van der Waals surface area contributed by atoms with E-state index in [4.69, 9.17) is 26.1 Å². The maximum atomic E-state index is 13.9. The number of nitrogens with one attached hydrogen (secondary N) is 1. The molecule has 0 unspecified atom stereocenters. The summed E-state index contributed by atoms with van der Waals surface area (Å²) < 4.78 is 26.4. The number of halogens is 2. The minimum absolute atomic E-state index is 0.0322. The van der Waals surface area contributed by atoms with Gasteiger partial charge in [0, 0.05) is 23.9 Å². The Bertz CT molecular complexity index is 1370. The Morgan fingerprint density at radius 2 is 1.85 bits per heavy atom. The second-order valence-corrected chi connectivity index (χ2v) is 8.12. The van der Waals surface area contributed by atoms with E-state index in [-0.39, 0.29) is 18.1 Å². The van der Waals surface area contributed by atoms with Crippen molar-refractivity contribution >= 4 is 28.8 Å². The monoisotopic (exact) mass is 467 g/mol. The van der Waals surface area contributed by atoms with Crippen molar-refractivity contribution in [1.82, 2.24) is 9.38 Å². The van der Waals surface area contributed by atoms with Crippen molar-refractivity contribution in [2.24, 2.45) is 0 Å². The van der Waals surface area contributed by atoms with Crippen molar-refractivity contribution in [3.63, 3.8) is 0 Å². The van der Waals surface area contributed by atoms with Gasteiger partial charge in [0.15, 0.2) is 0 Å². The van der Waals surface area contributed by atoms with E-state index in [2.05, 4.69) is 5.32 Å². The standard InChI is InChI=1S/C25H23ClFN3O3/c1-14-5-8-23-29-25(16-6-7-18(27)15(2)9-16)20(30(23)13-14)12-24(31)28-19-11-21(32-3)17(26)10-22(19)33-4/h5-11,13H,12H2,1-4H3,(H,28,31). The van der Waals surface area contributed by atoms with Gasteiger partial charge in [-0.2, -0.15) is 0 Å². The summed E-state index contributed by atoms with van der Waals surface area (Å²) in [5.41, 5.74) is 4.72. The van der Waals surface area contributed by atoms with Crippen LogP contribution in [0, 0.1) is 19.7 Å². The summed E-state index contributed by atoms with van der Waals surface area (Å²) in [7, 11) is 2.99. The van der Waals surface area contributed by atoms with Crippen LogP contribution in [0.4, 0.5) is 10.1 Å². The van der Waals surface area contributed by atoms with Crippen molar-refractivity contribution in [1.29, 1.82) is 0 Å². The van der Waals surface area contributed by atoms with Crippen molar-refractivity contribution < 1.29 is 18.7 Å². The van der Waals surface area contributed by atoms with E-state index >= 15 is 0 Å². The summed E-state index contributed by atoms with van der Waals surface area (Å²) in [5.74, 6) is 0.265. The molecule has 0 aliphatic rings. The van der Waals surface area contributed by atoms with Crippen LogP contribution in [-0.2, 0) is 11.2 Å². The van der Waals surface area contributed by atoms with E-state index in [0.29, 0.717) is 44.8 Å². The Morgan fingerprint density at radius 3 is 2.55 bits per heavy atom. The summed E-state index contributed by atoms with van der Waals surface area (Å²) in [6.45, 7) is 3.67. The molecular formula is C25H23ClFN3O3. The van der Waals surface area contributed by atoms with Gasteiger partial charge in [0.1, 0.15) is 23.0 Å². The van der Waals surface area contributed by atoms with Crippen molar-refractivity contribution in [3.05, 3.63) is 76.3 Å². The fourth-order valence-electron chi connectivity index (χ4n) is 3.70. The molecule has 0 aliphatic carbocycles. The predicted molar refractivity (Wildman–Crippen MR) is 127 cm³/mol. The lowest BCUT2D eigenvalue weighted by atomic mass is 10.1. The smallest absolute Gasteiger partial charge is 0.230 e. The van der Waals surface area contributed by atoms with Crippen LogP contribution >= 0.6 is 11.6 Å². The molecule has 6 nitrogen and oxygen atoms in total. The van der Waals surface area contributed by atoms with Gasteiger partial charge in [-0.25, -0.2) is 9.37 Å². The van der Waals surface area contributed by atoms with Gasteiger partial charge in [-0.1, -0.05) is 17.7 Å². The highest BCUT2D eigenvalue weighted by molar-refractivity contribution is 6.32. The van der Waals surface area contributed by atoms with Gasteiger partial charge < -0.3 is 19.2 Å². The van der Waals surface area contributed by atoms with Crippen LogP contribution in [0.2, 0.25) is 5.02 Å². The molecule has 0 atom stereocenters. The van der Waals surface area contributed by atoms with Crippen LogP contribution in [0.3, 0.4) is 0 Å². The van der Waals surface area contributed by atoms with Crippen LogP contribution < -0.4 is 14.8 Å². The molecule has 170 valence electrons. The molecule has 0 bridgehead atoms. The van der Waals surface area contributed by atoms with Crippen LogP contribution in [-0.4, -0.2) is 29.5 Å². The molecule has 4 aromatic rings. The number of fused-ring (bicyclic) bond motifs is 1. The summed E-state index contributed by atoms with van der Waals surface area (Å²) in [6, 6.07) is 11.9. The Hall–Kier alpha value is -3.58. The molecule has 0 saturated heterocycles. The van der Waals surface area contributed by atoms with E-state index in [1.165, 1.54) is 20.3 Å². The number of anilines is 1. The number of imidazole rings is 1. The second-order valence-electron chi connectivity index (χ2n) is 7.72. The van der Waals surface area contributed by atoms with Crippen LogP contribution in [0.1, 0.15) is 16.8 Å². The molecule has 0 saturated carbocycles. The maximum absolute atomic E-state index is 13.9. The molecule has 33 heavy (non-hydrogen) atoms. The third kappa shape index (κ3) is 4.50. The van der Waals surface area contributed by atoms with Gasteiger partial charge in [-0.05, 0) is 49.2 Å². The van der Waals surface area contributed by atoms with Crippen LogP contribution in [0.15, 0.2) is 48.7 Å². The molecule has 2 heterocycles.